The Morgan fingerprint density at radius 3 is 1.11 bits per heavy atom. The van der Waals surface area contributed by atoms with Gasteiger partial charge in [-0.2, -0.15) is 0 Å². The summed E-state index contributed by atoms with van der Waals surface area (Å²) in [5, 5.41) is 0. The van der Waals surface area contributed by atoms with Gasteiger partial charge < -0.3 is 14.2 Å². The van der Waals surface area contributed by atoms with E-state index >= 15 is 0 Å². The van der Waals surface area contributed by atoms with E-state index in [1.54, 1.807) is 0 Å². The molecule has 0 rings (SSSR count). The minimum Gasteiger partial charge on any atom is -0.462 e. The van der Waals surface area contributed by atoms with Crippen LogP contribution in [0.4, 0.5) is 0 Å². The van der Waals surface area contributed by atoms with Gasteiger partial charge in [0, 0.05) is 19.3 Å². The number of hydrogen-bond donors (Lipinski definition) is 0. The summed E-state index contributed by atoms with van der Waals surface area (Å²) in [6.45, 7) is 6.55. The molecule has 0 aromatic heterocycles. The molecule has 0 aliphatic heterocycles. The first kappa shape index (κ1) is 52.6. The molecule has 0 N–H and O–H groups in total. The first-order chi connectivity index (χ1) is 27.0. The van der Waals surface area contributed by atoms with Crippen LogP contribution in [-0.4, -0.2) is 37.2 Å². The highest BCUT2D eigenvalue weighted by atomic mass is 16.6. The predicted octanol–water partition coefficient (Wildman–Crippen LogP) is 15.0. The molecule has 0 heterocycles. The number of carbonyl (C=O) groups is 3. The number of rotatable bonds is 42. The Morgan fingerprint density at radius 2 is 0.691 bits per heavy atom. The molecule has 0 fully saturated rings. The molecular formula is C49H88O6. The summed E-state index contributed by atoms with van der Waals surface area (Å²) in [5.41, 5.74) is 0. The standard InChI is InChI=1S/C49H88O6/c1-4-7-10-13-16-19-22-24-26-27-30-33-36-39-42-48(51)54-45-46(44-53-47(50)41-38-35-32-29-21-18-15-12-9-6-3)55-49(52)43-40-37-34-31-28-25-23-20-17-14-11-8-5-2/h25-28,34,37,46H,4-24,29-33,35-36,38-45H2,1-3H3/b27-26-,28-25-,37-34-. The normalized spacial score (nSPS) is 12.3. The molecule has 0 aromatic carbocycles. The molecule has 0 saturated carbocycles. The maximum atomic E-state index is 12.7. The number of carbonyl (C=O) groups excluding carboxylic acids is 3. The molecule has 0 radical (unpaired) electrons. The van der Waals surface area contributed by atoms with Crippen molar-refractivity contribution in [1.29, 1.82) is 0 Å². The van der Waals surface area contributed by atoms with Crippen LogP contribution in [0.25, 0.3) is 0 Å². The Kier molecular flexibility index (Phi) is 42.4. The van der Waals surface area contributed by atoms with Gasteiger partial charge in [0.15, 0.2) is 6.10 Å². The van der Waals surface area contributed by atoms with Crippen molar-refractivity contribution in [3.63, 3.8) is 0 Å². The molecule has 1 atom stereocenters. The molecule has 0 bridgehead atoms. The van der Waals surface area contributed by atoms with Gasteiger partial charge in [-0.1, -0.05) is 192 Å². The quantitative estimate of drug-likeness (QED) is 0.0266. The minimum atomic E-state index is -0.802. The van der Waals surface area contributed by atoms with Crippen LogP contribution in [0.5, 0.6) is 0 Å². The molecule has 0 aliphatic carbocycles. The molecule has 320 valence electrons. The lowest BCUT2D eigenvalue weighted by atomic mass is 10.1. The lowest BCUT2D eigenvalue weighted by Crippen LogP contribution is -2.30. The molecule has 6 heteroatoms. The maximum absolute atomic E-state index is 12.7. The van der Waals surface area contributed by atoms with Gasteiger partial charge >= 0.3 is 17.9 Å². The van der Waals surface area contributed by atoms with Crippen LogP contribution in [-0.2, 0) is 28.6 Å². The molecule has 0 aliphatic rings. The fourth-order valence-corrected chi connectivity index (χ4v) is 6.55. The monoisotopic (exact) mass is 773 g/mol. The van der Waals surface area contributed by atoms with Gasteiger partial charge in [0.2, 0.25) is 0 Å². The van der Waals surface area contributed by atoms with Gasteiger partial charge in [-0.3, -0.25) is 14.4 Å². The number of allylic oxidation sites excluding steroid dienone is 6. The SMILES string of the molecule is CCCCCCCC/C=C\C/C=C\CCC(=O)OC(COC(=O)CCCCC/C=C\CCCCCCCCC)COC(=O)CCCCCCCCCCCC. The highest BCUT2D eigenvalue weighted by molar-refractivity contribution is 5.71. The van der Waals surface area contributed by atoms with Crippen molar-refractivity contribution >= 4 is 17.9 Å². The Hall–Kier alpha value is -2.37. The fraction of sp³-hybridized carbons (Fsp3) is 0.816. The van der Waals surface area contributed by atoms with Crippen LogP contribution in [0.1, 0.15) is 239 Å². The lowest BCUT2D eigenvalue weighted by molar-refractivity contribution is -0.166. The van der Waals surface area contributed by atoms with Crippen molar-refractivity contribution in [3.05, 3.63) is 36.5 Å². The molecule has 6 nitrogen and oxygen atoms in total. The van der Waals surface area contributed by atoms with Crippen LogP contribution in [0.15, 0.2) is 36.5 Å². The molecule has 0 saturated heterocycles. The first-order valence-corrected chi connectivity index (χ1v) is 23.5. The van der Waals surface area contributed by atoms with Gasteiger partial charge in [0.1, 0.15) is 13.2 Å². The van der Waals surface area contributed by atoms with Gasteiger partial charge in [-0.15, -0.1) is 0 Å². The molecule has 55 heavy (non-hydrogen) atoms. The van der Waals surface area contributed by atoms with Crippen molar-refractivity contribution in [2.45, 2.75) is 245 Å². The predicted molar refractivity (Wildman–Crippen MR) is 233 cm³/mol. The van der Waals surface area contributed by atoms with Crippen molar-refractivity contribution in [2.24, 2.45) is 0 Å². The summed E-state index contributed by atoms with van der Waals surface area (Å²) < 4.78 is 16.6. The summed E-state index contributed by atoms with van der Waals surface area (Å²) in [5.74, 6) is -0.981. The van der Waals surface area contributed by atoms with E-state index in [0.717, 1.165) is 64.2 Å². The largest absolute Gasteiger partial charge is 0.462 e. The van der Waals surface area contributed by atoms with E-state index in [-0.39, 0.29) is 37.5 Å². The van der Waals surface area contributed by atoms with Crippen LogP contribution >= 0.6 is 0 Å². The smallest absolute Gasteiger partial charge is 0.306 e. The van der Waals surface area contributed by atoms with E-state index in [0.29, 0.717) is 19.3 Å². The summed E-state index contributed by atoms with van der Waals surface area (Å²) >= 11 is 0. The van der Waals surface area contributed by atoms with Crippen LogP contribution in [0, 0.1) is 0 Å². The highest BCUT2D eigenvalue weighted by Gasteiger charge is 2.19. The van der Waals surface area contributed by atoms with E-state index in [1.807, 2.05) is 6.08 Å². The second-order valence-electron chi connectivity index (χ2n) is 15.7. The number of esters is 3. The Labute approximate surface area is 340 Å². The van der Waals surface area contributed by atoms with Crippen molar-refractivity contribution in [1.82, 2.24) is 0 Å². The summed E-state index contributed by atoms with van der Waals surface area (Å²) in [6, 6.07) is 0. The second kappa shape index (κ2) is 44.3. The van der Waals surface area contributed by atoms with Gasteiger partial charge in [0.05, 0.1) is 0 Å². The van der Waals surface area contributed by atoms with E-state index in [1.165, 1.54) is 128 Å². The fourth-order valence-electron chi connectivity index (χ4n) is 6.55. The van der Waals surface area contributed by atoms with E-state index < -0.39 is 6.10 Å². The Balaban J connectivity index is 4.44. The van der Waals surface area contributed by atoms with Gasteiger partial charge in [0.25, 0.3) is 0 Å². The highest BCUT2D eigenvalue weighted by Crippen LogP contribution is 2.13. The Bertz CT molecular complexity index is 938. The number of hydrogen-bond acceptors (Lipinski definition) is 6. The van der Waals surface area contributed by atoms with Gasteiger partial charge in [-0.05, 0) is 64.2 Å². The average molecular weight is 773 g/mol. The zero-order valence-corrected chi connectivity index (χ0v) is 36.4. The Morgan fingerprint density at radius 1 is 0.364 bits per heavy atom. The average Bonchev–Trinajstić information content (AvgIpc) is 3.18. The molecule has 0 spiro atoms. The third-order valence-corrected chi connectivity index (χ3v) is 10.1. The topological polar surface area (TPSA) is 78.9 Å². The van der Waals surface area contributed by atoms with Crippen LogP contribution in [0.2, 0.25) is 0 Å². The van der Waals surface area contributed by atoms with Crippen molar-refractivity contribution < 1.29 is 28.6 Å². The van der Waals surface area contributed by atoms with Gasteiger partial charge in [-0.25, -0.2) is 0 Å². The molecule has 0 aromatic rings. The lowest BCUT2D eigenvalue weighted by Gasteiger charge is -2.18. The van der Waals surface area contributed by atoms with Crippen molar-refractivity contribution in [3.8, 4) is 0 Å². The van der Waals surface area contributed by atoms with Crippen LogP contribution < -0.4 is 0 Å². The first-order valence-electron chi connectivity index (χ1n) is 23.5. The zero-order valence-electron chi connectivity index (χ0n) is 36.4. The second-order valence-corrected chi connectivity index (χ2v) is 15.7. The summed E-state index contributed by atoms with van der Waals surface area (Å²) in [7, 11) is 0. The number of ether oxygens (including phenoxy) is 3. The third-order valence-electron chi connectivity index (χ3n) is 10.1. The van der Waals surface area contributed by atoms with Crippen molar-refractivity contribution in [2.75, 3.05) is 13.2 Å². The van der Waals surface area contributed by atoms with E-state index in [4.69, 9.17) is 14.2 Å². The number of unbranched alkanes of at least 4 members (excludes halogenated alkanes) is 25. The van der Waals surface area contributed by atoms with E-state index in [9.17, 15) is 14.4 Å². The van der Waals surface area contributed by atoms with Crippen LogP contribution in [0.3, 0.4) is 0 Å². The maximum Gasteiger partial charge on any atom is 0.306 e. The molecule has 1 unspecified atom stereocenters. The summed E-state index contributed by atoms with van der Waals surface area (Å²) in [6.07, 6.45) is 50.0. The third kappa shape index (κ3) is 42.6. The van der Waals surface area contributed by atoms with E-state index in [2.05, 4.69) is 51.2 Å². The minimum absolute atomic E-state index is 0.0972. The zero-order chi connectivity index (χ0) is 40.1. The summed E-state index contributed by atoms with van der Waals surface area (Å²) in [4.78, 5) is 37.7. The molecular weight excluding hydrogens is 685 g/mol. The molecule has 0 amide bonds.